The molecule has 4 aliphatic carbocycles. The first-order valence-electron chi connectivity index (χ1n) is 14.3. The van der Waals surface area contributed by atoms with Gasteiger partial charge in [0, 0.05) is 28.5 Å². The van der Waals surface area contributed by atoms with Crippen LogP contribution in [0.3, 0.4) is 0 Å². The third kappa shape index (κ3) is 4.44. The van der Waals surface area contributed by atoms with Crippen LogP contribution < -0.4 is 4.74 Å². The Morgan fingerprint density at radius 3 is 2.18 bits per heavy atom. The number of benzene rings is 3. The highest BCUT2D eigenvalue weighted by Gasteiger charge is 2.52. The second kappa shape index (κ2) is 9.29. The quantitative estimate of drug-likeness (QED) is 0.350. The van der Waals surface area contributed by atoms with Crippen molar-refractivity contribution in [1.82, 2.24) is 0 Å². The number of rotatable bonds is 5. The molecule has 0 spiro atoms. The zero-order chi connectivity index (χ0) is 26.7. The van der Waals surface area contributed by atoms with Gasteiger partial charge in [-0.2, -0.15) is 0 Å². The Hall–Kier alpha value is -3.07. The highest BCUT2D eigenvalue weighted by Crippen LogP contribution is 2.62. The summed E-state index contributed by atoms with van der Waals surface area (Å²) in [6, 6.07) is 19.0. The lowest BCUT2D eigenvalue weighted by molar-refractivity contribution is -0.00616. The first kappa shape index (κ1) is 25.2. The van der Waals surface area contributed by atoms with Crippen molar-refractivity contribution in [3.63, 3.8) is 0 Å². The van der Waals surface area contributed by atoms with Gasteiger partial charge >= 0.3 is 0 Å². The van der Waals surface area contributed by atoms with Gasteiger partial charge in [-0.3, -0.25) is 4.99 Å². The fraction of sp³-hybridized carbons (Fsp3) is 0.457. The van der Waals surface area contributed by atoms with Gasteiger partial charge in [-0.05, 0) is 109 Å². The third-order valence-electron chi connectivity index (χ3n) is 9.50. The number of para-hydroxylation sites is 1. The molecule has 0 unspecified atom stereocenters. The van der Waals surface area contributed by atoms with Crippen LogP contribution in [0.5, 0.6) is 11.5 Å². The van der Waals surface area contributed by atoms with Crippen molar-refractivity contribution in [2.75, 3.05) is 7.11 Å². The Morgan fingerprint density at radius 2 is 1.55 bits per heavy atom. The van der Waals surface area contributed by atoms with Crippen molar-refractivity contribution >= 4 is 11.9 Å². The minimum Gasteiger partial charge on any atom is -0.507 e. The molecule has 0 heterocycles. The molecule has 4 saturated carbocycles. The molecule has 0 aromatic heterocycles. The Bertz CT molecular complexity index is 1360. The van der Waals surface area contributed by atoms with E-state index in [-0.39, 0.29) is 10.8 Å². The summed E-state index contributed by atoms with van der Waals surface area (Å²) < 4.78 is 5.76. The molecule has 0 saturated heterocycles. The number of phenols is 1. The number of aliphatic imine (C=N–C) groups is 1. The van der Waals surface area contributed by atoms with Crippen molar-refractivity contribution < 1.29 is 9.84 Å². The fourth-order valence-electron chi connectivity index (χ4n) is 8.09. The van der Waals surface area contributed by atoms with E-state index >= 15 is 0 Å². The van der Waals surface area contributed by atoms with Gasteiger partial charge in [0.05, 0.1) is 12.8 Å². The number of aryl methyl sites for hydroxylation is 1. The number of hydrogen-bond donors (Lipinski definition) is 1. The van der Waals surface area contributed by atoms with Crippen molar-refractivity contribution in [1.29, 1.82) is 0 Å². The maximum absolute atomic E-state index is 11.6. The first-order valence-corrected chi connectivity index (χ1v) is 14.3. The van der Waals surface area contributed by atoms with E-state index in [1.54, 1.807) is 7.11 Å². The van der Waals surface area contributed by atoms with Crippen molar-refractivity contribution in [2.45, 2.75) is 77.0 Å². The molecule has 7 rings (SSSR count). The second-order valence-corrected chi connectivity index (χ2v) is 13.4. The van der Waals surface area contributed by atoms with E-state index in [2.05, 4.69) is 64.1 Å². The van der Waals surface area contributed by atoms with Gasteiger partial charge in [0.15, 0.2) is 0 Å². The summed E-state index contributed by atoms with van der Waals surface area (Å²) in [5, 5.41) is 11.6. The van der Waals surface area contributed by atoms with E-state index < -0.39 is 0 Å². The third-order valence-corrected chi connectivity index (χ3v) is 9.50. The van der Waals surface area contributed by atoms with E-state index in [0.717, 1.165) is 45.9 Å². The lowest BCUT2D eigenvalue weighted by atomic mass is 9.48. The van der Waals surface area contributed by atoms with Crippen LogP contribution in [-0.2, 0) is 10.8 Å². The Balaban J connectivity index is 1.39. The monoisotopic (exact) mass is 507 g/mol. The van der Waals surface area contributed by atoms with Gasteiger partial charge < -0.3 is 9.84 Å². The van der Waals surface area contributed by atoms with Gasteiger partial charge in [0.1, 0.15) is 11.5 Å². The van der Waals surface area contributed by atoms with E-state index in [0.29, 0.717) is 5.75 Å². The predicted octanol–water partition coefficient (Wildman–Crippen LogP) is 8.89. The van der Waals surface area contributed by atoms with Crippen LogP contribution in [-0.4, -0.2) is 18.4 Å². The smallest absolute Gasteiger partial charge is 0.128 e. The van der Waals surface area contributed by atoms with Crippen molar-refractivity contribution in [2.24, 2.45) is 22.7 Å². The molecule has 3 nitrogen and oxygen atoms in total. The molecule has 3 heteroatoms. The average Bonchev–Trinajstić information content (AvgIpc) is 2.87. The standard InChI is InChI=1S/C35H41NO2/c1-22-12-26(33(37)30(13-22)35-18-23-14-24(19-35)16-25(15-23)20-35)21-36-31-9-7-6-8-28(31)29-17-27(34(2,3)4)10-11-32(29)38-5/h6-13,17,21,23-25,37H,14-16,18-20H2,1-5H3. The van der Waals surface area contributed by atoms with E-state index in [9.17, 15) is 5.11 Å². The summed E-state index contributed by atoms with van der Waals surface area (Å²) in [6.45, 7) is 8.83. The molecule has 3 aromatic rings. The van der Waals surface area contributed by atoms with E-state index in [4.69, 9.17) is 9.73 Å². The van der Waals surface area contributed by atoms with Gasteiger partial charge in [-0.1, -0.05) is 51.1 Å². The molecule has 4 aliphatic rings. The number of hydrogen-bond acceptors (Lipinski definition) is 3. The highest BCUT2D eigenvalue weighted by atomic mass is 16.5. The summed E-state index contributed by atoms with van der Waals surface area (Å²) in [6.07, 6.45) is 9.77. The summed E-state index contributed by atoms with van der Waals surface area (Å²) in [7, 11) is 1.72. The molecule has 0 aliphatic heterocycles. The molecule has 198 valence electrons. The molecular formula is C35H41NO2. The lowest BCUT2D eigenvalue weighted by Crippen LogP contribution is -2.48. The highest BCUT2D eigenvalue weighted by molar-refractivity contribution is 5.90. The van der Waals surface area contributed by atoms with Crippen LogP contribution >= 0.6 is 0 Å². The largest absolute Gasteiger partial charge is 0.507 e. The number of phenolic OH excluding ortho intramolecular Hbond substituents is 1. The molecule has 0 amide bonds. The Kier molecular flexibility index (Phi) is 6.17. The van der Waals surface area contributed by atoms with Crippen LogP contribution in [0, 0.1) is 24.7 Å². The molecule has 0 radical (unpaired) electrons. The minimum absolute atomic E-state index is 0.0280. The van der Waals surface area contributed by atoms with E-state index in [1.807, 2.05) is 24.4 Å². The topological polar surface area (TPSA) is 41.8 Å². The SMILES string of the molecule is COc1ccc(C(C)(C)C)cc1-c1ccccc1N=Cc1cc(C)cc(C23CC4CC(CC(C4)C2)C3)c1O. The zero-order valence-electron chi connectivity index (χ0n) is 23.6. The minimum atomic E-state index is 0.0280. The van der Waals surface area contributed by atoms with Gasteiger partial charge in [-0.25, -0.2) is 0 Å². The number of aromatic hydroxyl groups is 1. The van der Waals surface area contributed by atoms with Gasteiger partial charge in [0.2, 0.25) is 0 Å². The molecule has 3 aromatic carbocycles. The van der Waals surface area contributed by atoms with Crippen LogP contribution in [0.1, 0.15) is 81.5 Å². The Labute approximate surface area is 228 Å². The number of ether oxygens (including phenoxy) is 1. The molecule has 38 heavy (non-hydrogen) atoms. The lowest BCUT2D eigenvalue weighted by Gasteiger charge is -2.57. The van der Waals surface area contributed by atoms with Crippen LogP contribution in [0.4, 0.5) is 5.69 Å². The van der Waals surface area contributed by atoms with Crippen LogP contribution in [0.15, 0.2) is 59.6 Å². The van der Waals surface area contributed by atoms with Crippen LogP contribution in [0.25, 0.3) is 11.1 Å². The van der Waals surface area contributed by atoms with Crippen molar-refractivity contribution in [3.05, 3.63) is 76.9 Å². The predicted molar refractivity (Wildman–Crippen MR) is 157 cm³/mol. The molecule has 0 atom stereocenters. The van der Waals surface area contributed by atoms with Crippen molar-refractivity contribution in [3.8, 4) is 22.6 Å². The molecule has 4 fully saturated rings. The first-order chi connectivity index (χ1) is 18.1. The summed E-state index contributed by atoms with van der Waals surface area (Å²) in [4.78, 5) is 4.97. The van der Waals surface area contributed by atoms with Gasteiger partial charge in [-0.15, -0.1) is 0 Å². The summed E-state index contributed by atoms with van der Waals surface area (Å²) in [5.74, 6) is 3.78. The molecular weight excluding hydrogens is 466 g/mol. The fourth-order valence-corrected chi connectivity index (χ4v) is 8.09. The maximum atomic E-state index is 11.6. The maximum Gasteiger partial charge on any atom is 0.128 e. The molecule has 1 N–H and O–H groups in total. The zero-order valence-corrected chi connectivity index (χ0v) is 23.6. The summed E-state index contributed by atoms with van der Waals surface area (Å²) in [5.41, 5.74) is 7.55. The van der Waals surface area contributed by atoms with Crippen LogP contribution in [0.2, 0.25) is 0 Å². The molecule has 4 bridgehead atoms. The number of nitrogens with zero attached hydrogens (tertiary/aromatic N) is 1. The number of methoxy groups -OCH3 is 1. The summed E-state index contributed by atoms with van der Waals surface area (Å²) >= 11 is 0. The average molecular weight is 508 g/mol. The van der Waals surface area contributed by atoms with Gasteiger partial charge in [0.25, 0.3) is 0 Å². The normalized spacial score (nSPS) is 26.3. The second-order valence-electron chi connectivity index (χ2n) is 13.4. The van der Waals surface area contributed by atoms with E-state index in [1.165, 1.54) is 55.2 Å². The Morgan fingerprint density at radius 1 is 0.895 bits per heavy atom.